The molecule has 0 saturated heterocycles. The van der Waals surface area contributed by atoms with Crippen molar-refractivity contribution in [2.75, 3.05) is 0 Å². The summed E-state index contributed by atoms with van der Waals surface area (Å²) in [5.41, 5.74) is 2.89. The van der Waals surface area contributed by atoms with Crippen LogP contribution in [0.2, 0.25) is 0 Å². The molecular formula is C15H22S. The summed E-state index contributed by atoms with van der Waals surface area (Å²) >= 11 is 4.63. The van der Waals surface area contributed by atoms with Gasteiger partial charge in [0.25, 0.3) is 0 Å². The summed E-state index contributed by atoms with van der Waals surface area (Å²) < 4.78 is 0. The summed E-state index contributed by atoms with van der Waals surface area (Å²) in [7, 11) is 0. The minimum absolute atomic E-state index is 0.577. The Morgan fingerprint density at radius 2 is 1.81 bits per heavy atom. The van der Waals surface area contributed by atoms with E-state index in [2.05, 4.69) is 44.7 Å². The monoisotopic (exact) mass is 234 g/mol. The summed E-state index contributed by atoms with van der Waals surface area (Å²) in [5, 5.41) is 0. The second kappa shape index (κ2) is 5.27. The third-order valence-electron chi connectivity index (χ3n) is 3.75. The summed E-state index contributed by atoms with van der Waals surface area (Å²) in [6.07, 6.45) is 6.97. The van der Waals surface area contributed by atoms with E-state index in [1.54, 1.807) is 0 Å². The van der Waals surface area contributed by atoms with E-state index in [0.29, 0.717) is 5.92 Å². The van der Waals surface area contributed by atoms with Crippen LogP contribution in [-0.4, -0.2) is 0 Å². The summed E-state index contributed by atoms with van der Waals surface area (Å²) in [6, 6.07) is 6.90. The number of rotatable bonds is 2. The van der Waals surface area contributed by atoms with E-state index in [9.17, 15) is 0 Å². The molecule has 16 heavy (non-hydrogen) atoms. The summed E-state index contributed by atoms with van der Waals surface area (Å²) in [6.45, 7) is 4.46. The van der Waals surface area contributed by atoms with E-state index >= 15 is 0 Å². The van der Waals surface area contributed by atoms with Crippen LogP contribution in [0.5, 0.6) is 0 Å². The average molecular weight is 234 g/mol. The van der Waals surface area contributed by atoms with Gasteiger partial charge in [0, 0.05) is 4.90 Å². The fourth-order valence-electron chi connectivity index (χ4n) is 2.74. The number of benzene rings is 1. The Labute approximate surface area is 105 Å². The first-order chi connectivity index (χ1) is 7.68. The van der Waals surface area contributed by atoms with Gasteiger partial charge in [0.15, 0.2) is 0 Å². The van der Waals surface area contributed by atoms with Gasteiger partial charge in [-0.1, -0.05) is 45.2 Å². The molecule has 0 heterocycles. The van der Waals surface area contributed by atoms with Gasteiger partial charge in [-0.25, -0.2) is 0 Å². The second-order valence-corrected chi connectivity index (χ2v) is 5.79. The molecule has 1 aliphatic carbocycles. The van der Waals surface area contributed by atoms with Crippen molar-refractivity contribution in [1.82, 2.24) is 0 Å². The molecule has 0 radical (unpaired) electrons. The third-order valence-corrected chi connectivity index (χ3v) is 4.14. The van der Waals surface area contributed by atoms with E-state index in [1.165, 1.54) is 48.1 Å². The van der Waals surface area contributed by atoms with Crippen LogP contribution >= 0.6 is 12.6 Å². The molecule has 1 heteroatoms. The first-order valence-corrected chi connectivity index (χ1v) is 6.96. The maximum absolute atomic E-state index is 4.63. The smallest absolute Gasteiger partial charge is 0.00774 e. The Bertz CT molecular complexity index is 348. The molecule has 1 saturated carbocycles. The summed E-state index contributed by atoms with van der Waals surface area (Å²) in [4.78, 5) is 1.18. The highest BCUT2D eigenvalue weighted by Gasteiger charge is 2.16. The SMILES string of the molecule is CC(C)c1ccc(C2CCCCC2)cc1S. The zero-order valence-electron chi connectivity index (χ0n) is 10.4. The lowest BCUT2D eigenvalue weighted by Crippen LogP contribution is -2.05. The van der Waals surface area contributed by atoms with Crippen molar-refractivity contribution in [3.8, 4) is 0 Å². The average Bonchev–Trinajstić information content (AvgIpc) is 2.29. The molecule has 0 N–H and O–H groups in total. The molecule has 0 aliphatic heterocycles. The molecular weight excluding hydrogens is 212 g/mol. The summed E-state index contributed by atoms with van der Waals surface area (Å²) in [5.74, 6) is 1.37. The van der Waals surface area contributed by atoms with E-state index in [1.807, 2.05) is 0 Å². The Morgan fingerprint density at radius 1 is 1.12 bits per heavy atom. The van der Waals surface area contributed by atoms with Crippen LogP contribution in [0.4, 0.5) is 0 Å². The fraction of sp³-hybridized carbons (Fsp3) is 0.600. The normalized spacial score (nSPS) is 18.0. The van der Waals surface area contributed by atoms with E-state index in [0.717, 1.165) is 5.92 Å². The van der Waals surface area contributed by atoms with Crippen LogP contribution in [-0.2, 0) is 0 Å². The second-order valence-electron chi connectivity index (χ2n) is 5.31. The van der Waals surface area contributed by atoms with Gasteiger partial charge in [-0.3, -0.25) is 0 Å². The minimum Gasteiger partial charge on any atom is -0.143 e. The van der Waals surface area contributed by atoms with Crippen LogP contribution < -0.4 is 0 Å². The molecule has 0 spiro atoms. The molecule has 0 atom stereocenters. The predicted octanol–water partition coefficient (Wildman–Crippen LogP) is 5.15. The third kappa shape index (κ3) is 2.63. The lowest BCUT2D eigenvalue weighted by molar-refractivity contribution is 0.443. The Morgan fingerprint density at radius 3 is 2.38 bits per heavy atom. The van der Waals surface area contributed by atoms with Crippen molar-refractivity contribution < 1.29 is 0 Å². The van der Waals surface area contributed by atoms with Crippen molar-refractivity contribution in [2.24, 2.45) is 0 Å². The maximum Gasteiger partial charge on any atom is 0.00774 e. The van der Waals surface area contributed by atoms with Crippen LogP contribution in [0.1, 0.15) is 68.9 Å². The molecule has 1 aromatic carbocycles. The Kier molecular flexibility index (Phi) is 3.96. The van der Waals surface area contributed by atoms with Gasteiger partial charge in [-0.05, 0) is 41.9 Å². The highest BCUT2D eigenvalue weighted by Crippen LogP contribution is 2.35. The van der Waals surface area contributed by atoms with Crippen LogP contribution in [0.25, 0.3) is 0 Å². The molecule has 0 nitrogen and oxygen atoms in total. The van der Waals surface area contributed by atoms with Gasteiger partial charge in [0.2, 0.25) is 0 Å². The molecule has 1 fully saturated rings. The number of thiol groups is 1. The Balaban J connectivity index is 2.19. The van der Waals surface area contributed by atoms with Gasteiger partial charge in [0.05, 0.1) is 0 Å². The lowest BCUT2D eigenvalue weighted by Gasteiger charge is -2.23. The van der Waals surface area contributed by atoms with Crippen molar-refractivity contribution in [3.63, 3.8) is 0 Å². The van der Waals surface area contributed by atoms with Gasteiger partial charge >= 0.3 is 0 Å². The zero-order chi connectivity index (χ0) is 11.5. The highest BCUT2D eigenvalue weighted by atomic mass is 32.1. The van der Waals surface area contributed by atoms with Crippen LogP contribution in [0.15, 0.2) is 23.1 Å². The highest BCUT2D eigenvalue weighted by molar-refractivity contribution is 7.80. The van der Waals surface area contributed by atoms with Crippen molar-refractivity contribution in [2.45, 2.75) is 62.7 Å². The zero-order valence-corrected chi connectivity index (χ0v) is 11.3. The van der Waals surface area contributed by atoms with Gasteiger partial charge < -0.3 is 0 Å². The topological polar surface area (TPSA) is 0 Å². The van der Waals surface area contributed by atoms with Crippen molar-refractivity contribution >= 4 is 12.6 Å². The molecule has 2 rings (SSSR count). The molecule has 0 unspecified atom stereocenters. The van der Waals surface area contributed by atoms with Crippen LogP contribution in [0, 0.1) is 0 Å². The molecule has 0 bridgehead atoms. The van der Waals surface area contributed by atoms with Crippen LogP contribution in [0.3, 0.4) is 0 Å². The minimum atomic E-state index is 0.577. The molecule has 0 amide bonds. The lowest BCUT2D eigenvalue weighted by atomic mass is 9.83. The van der Waals surface area contributed by atoms with Crippen molar-refractivity contribution in [1.29, 1.82) is 0 Å². The maximum atomic E-state index is 4.63. The van der Waals surface area contributed by atoms with Gasteiger partial charge in [0.1, 0.15) is 0 Å². The van der Waals surface area contributed by atoms with E-state index in [-0.39, 0.29) is 0 Å². The largest absolute Gasteiger partial charge is 0.143 e. The van der Waals surface area contributed by atoms with E-state index in [4.69, 9.17) is 0 Å². The van der Waals surface area contributed by atoms with E-state index < -0.39 is 0 Å². The molecule has 1 aliphatic rings. The standard InChI is InChI=1S/C15H22S/c1-11(2)14-9-8-13(10-15(14)16)12-6-4-3-5-7-12/h8-12,16H,3-7H2,1-2H3. The predicted molar refractivity (Wildman–Crippen MR) is 73.6 cm³/mol. The molecule has 1 aromatic rings. The quantitative estimate of drug-likeness (QED) is 0.672. The first-order valence-electron chi connectivity index (χ1n) is 6.51. The molecule has 88 valence electrons. The molecule has 0 aromatic heterocycles. The fourth-order valence-corrected chi connectivity index (χ4v) is 3.22. The first kappa shape index (κ1) is 12.0. The number of hydrogen-bond acceptors (Lipinski definition) is 1. The Hall–Kier alpha value is -0.430. The van der Waals surface area contributed by atoms with Gasteiger partial charge in [-0.15, -0.1) is 12.6 Å². The van der Waals surface area contributed by atoms with Crippen molar-refractivity contribution in [3.05, 3.63) is 29.3 Å². The van der Waals surface area contributed by atoms with Gasteiger partial charge in [-0.2, -0.15) is 0 Å². The number of hydrogen-bond donors (Lipinski definition) is 1.